The van der Waals surface area contributed by atoms with Gasteiger partial charge in [0, 0.05) is 28.3 Å². The third-order valence-corrected chi connectivity index (χ3v) is 5.13. The standard InChI is InChI=1S/C20H22N2O/c1-2-11-22-12-10-16-17-13-15(23)8-9-18(17)21-19(16)20(22)14-6-4-3-5-7-14/h2,8-10,12-14,23H,1,3-7,11H2/p+1. The fourth-order valence-electron chi connectivity index (χ4n) is 4.08. The Hall–Kier alpha value is -2.29. The number of pyridine rings is 1. The van der Waals surface area contributed by atoms with Gasteiger partial charge in [-0.2, -0.15) is 4.57 Å². The maximum absolute atomic E-state index is 9.83. The molecule has 0 aliphatic heterocycles. The Labute approximate surface area is 136 Å². The van der Waals surface area contributed by atoms with Crippen LogP contribution in [0.25, 0.3) is 21.8 Å². The van der Waals surface area contributed by atoms with E-state index < -0.39 is 0 Å². The molecule has 0 radical (unpaired) electrons. The van der Waals surface area contributed by atoms with Gasteiger partial charge < -0.3 is 10.1 Å². The summed E-state index contributed by atoms with van der Waals surface area (Å²) in [6.45, 7) is 4.75. The predicted octanol–water partition coefficient (Wildman–Crippen LogP) is 4.55. The molecule has 2 heterocycles. The summed E-state index contributed by atoms with van der Waals surface area (Å²) in [7, 11) is 0. The molecule has 1 aliphatic rings. The first-order chi connectivity index (χ1) is 11.3. The Morgan fingerprint density at radius 2 is 2.00 bits per heavy atom. The highest BCUT2D eigenvalue weighted by atomic mass is 16.3. The molecule has 3 heteroatoms. The molecule has 0 bridgehead atoms. The minimum atomic E-state index is 0.320. The van der Waals surface area contributed by atoms with Gasteiger partial charge >= 0.3 is 0 Å². The number of aromatic hydroxyl groups is 1. The highest BCUT2D eigenvalue weighted by Crippen LogP contribution is 2.36. The Bertz CT molecular complexity index is 872. The van der Waals surface area contributed by atoms with E-state index in [2.05, 4.69) is 28.4 Å². The van der Waals surface area contributed by atoms with Crippen LogP contribution in [-0.4, -0.2) is 10.1 Å². The summed E-state index contributed by atoms with van der Waals surface area (Å²) in [6, 6.07) is 7.73. The first-order valence-corrected chi connectivity index (χ1v) is 8.55. The van der Waals surface area contributed by atoms with Gasteiger partial charge in [-0.1, -0.05) is 25.8 Å². The van der Waals surface area contributed by atoms with Crippen LogP contribution in [0.4, 0.5) is 0 Å². The Kier molecular flexibility index (Phi) is 3.56. The van der Waals surface area contributed by atoms with E-state index in [1.807, 2.05) is 18.2 Å². The fraction of sp³-hybridized carbons (Fsp3) is 0.350. The van der Waals surface area contributed by atoms with Crippen molar-refractivity contribution in [2.24, 2.45) is 0 Å². The monoisotopic (exact) mass is 307 g/mol. The zero-order chi connectivity index (χ0) is 15.8. The highest BCUT2D eigenvalue weighted by molar-refractivity contribution is 6.08. The summed E-state index contributed by atoms with van der Waals surface area (Å²) < 4.78 is 2.33. The molecule has 23 heavy (non-hydrogen) atoms. The Morgan fingerprint density at radius 1 is 1.17 bits per heavy atom. The van der Waals surface area contributed by atoms with E-state index in [9.17, 15) is 5.11 Å². The zero-order valence-electron chi connectivity index (χ0n) is 13.4. The van der Waals surface area contributed by atoms with E-state index in [0.29, 0.717) is 11.7 Å². The van der Waals surface area contributed by atoms with Crippen molar-refractivity contribution in [3.05, 3.63) is 48.8 Å². The van der Waals surface area contributed by atoms with Crippen LogP contribution in [0.15, 0.2) is 43.1 Å². The molecule has 0 spiro atoms. The zero-order valence-corrected chi connectivity index (χ0v) is 13.4. The minimum Gasteiger partial charge on any atom is -0.508 e. The molecule has 1 aliphatic carbocycles. The van der Waals surface area contributed by atoms with Gasteiger partial charge in [0.15, 0.2) is 12.7 Å². The van der Waals surface area contributed by atoms with Crippen LogP contribution in [0.3, 0.4) is 0 Å². The van der Waals surface area contributed by atoms with Crippen LogP contribution in [0.2, 0.25) is 0 Å². The van der Waals surface area contributed by atoms with E-state index in [0.717, 1.165) is 17.4 Å². The lowest BCUT2D eigenvalue weighted by Crippen LogP contribution is -2.39. The summed E-state index contributed by atoms with van der Waals surface area (Å²) in [4.78, 5) is 3.60. The van der Waals surface area contributed by atoms with Gasteiger partial charge in [0.1, 0.15) is 11.3 Å². The number of rotatable bonds is 3. The van der Waals surface area contributed by atoms with Gasteiger partial charge in [-0.15, -0.1) is 0 Å². The van der Waals surface area contributed by atoms with Crippen LogP contribution in [0.5, 0.6) is 5.75 Å². The molecule has 118 valence electrons. The first-order valence-electron chi connectivity index (χ1n) is 8.55. The lowest BCUT2D eigenvalue weighted by molar-refractivity contribution is -0.694. The number of aromatic amines is 1. The summed E-state index contributed by atoms with van der Waals surface area (Å²) in [6.07, 6.45) is 10.6. The quantitative estimate of drug-likeness (QED) is 0.541. The highest BCUT2D eigenvalue weighted by Gasteiger charge is 2.28. The number of hydrogen-bond donors (Lipinski definition) is 2. The molecule has 0 unspecified atom stereocenters. The first kappa shape index (κ1) is 14.3. The van der Waals surface area contributed by atoms with Gasteiger partial charge in [0.05, 0.1) is 0 Å². The van der Waals surface area contributed by atoms with Crippen molar-refractivity contribution in [1.29, 1.82) is 0 Å². The fourth-order valence-corrected chi connectivity index (χ4v) is 4.08. The SMILES string of the molecule is C=CC[n+]1ccc2c([nH]c3ccc(O)cc32)c1C1CCCCC1. The molecule has 1 aromatic carbocycles. The smallest absolute Gasteiger partial charge is 0.209 e. The van der Waals surface area contributed by atoms with Crippen LogP contribution in [0, 0.1) is 0 Å². The molecule has 3 nitrogen and oxygen atoms in total. The van der Waals surface area contributed by atoms with Crippen LogP contribution < -0.4 is 4.57 Å². The van der Waals surface area contributed by atoms with Gasteiger partial charge in [-0.05, 0) is 37.1 Å². The van der Waals surface area contributed by atoms with Crippen molar-refractivity contribution >= 4 is 21.8 Å². The second-order valence-corrected chi connectivity index (χ2v) is 6.62. The molecular weight excluding hydrogens is 284 g/mol. The van der Waals surface area contributed by atoms with Crippen molar-refractivity contribution < 1.29 is 9.67 Å². The summed E-state index contributed by atoms with van der Waals surface area (Å²) in [5, 5.41) is 12.1. The van der Waals surface area contributed by atoms with Crippen molar-refractivity contribution in [2.75, 3.05) is 0 Å². The number of phenols is 1. The third kappa shape index (κ3) is 2.40. The molecule has 4 rings (SSSR count). The molecule has 0 saturated heterocycles. The molecule has 0 amide bonds. The van der Waals surface area contributed by atoms with E-state index >= 15 is 0 Å². The number of nitrogens with zero attached hydrogens (tertiary/aromatic N) is 1. The average molecular weight is 307 g/mol. The normalized spacial score (nSPS) is 16.2. The van der Waals surface area contributed by atoms with Crippen LogP contribution in [-0.2, 0) is 6.54 Å². The number of allylic oxidation sites excluding steroid dienone is 1. The number of hydrogen-bond acceptors (Lipinski definition) is 1. The van der Waals surface area contributed by atoms with Gasteiger partial charge in [0.25, 0.3) is 0 Å². The summed E-state index contributed by atoms with van der Waals surface area (Å²) in [5.41, 5.74) is 3.71. The van der Waals surface area contributed by atoms with E-state index in [4.69, 9.17) is 0 Å². The Morgan fingerprint density at radius 3 is 2.78 bits per heavy atom. The largest absolute Gasteiger partial charge is 0.508 e. The molecule has 0 atom stereocenters. The molecule has 3 aromatic rings. The predicted molar refractivity (Wildman–Crippen MR) is 93.7 cm³/mol. The number of benzene rings is 1. The lowest BCUT2D eigenvalue weighted by atomic mass is 9.85. The van der Waals surface area contributed by atoms with Gasteiger partial charge in [-0.25, -0.2) is 0 Å². The summed E-state index contributed by atoms with van der Waals surface area (Å²) >= 11 is 0. The molecule has 2 aromatic heterocycles. The number of aromatic nitrogens is 2. The maximum Gasteiger partial charge on any atom is 0.209 e. The van der Waals surface area contributed by atoms with Crippen molar-refractivity contribution in [3.63, 3.8) is 0 Å². The van der Waals surface area contributed by atoms with E-state index in [1.165, 1.54) is 48.7 Å². The summed E-state index contributed by atoms with van der Waals surface area (Å²) in [5.74, 6) is 0.925. The maximum atomic E-state index is 9.83. The molecule has 1 fully saturated rings. The number of H-pyrrole nitrogens is 1. The van der Waals surface area contributed by atoms with Crippen LogP contribution >= 0.6 is 0 Å². The number of fused-ring (bicyclic) bond motifs is 3. The third-order valence-electron chi connectivity index (χ3n) is 5.13. The van der Waals surface area contributed by atoms with Crippen molar-refractivity contribution in [2.45, 2.75) is 44.6 Å². The van der Waals surface area contributed by atoms with Gasteiger partial charge in [0.2, 0.25) is 5.69 Å². The topological polar surface area (TPSA) is 39.9 Å². The van der Waals surface area contributed by atoms with Crippen LogP contribution in [0.1, 0.15) is 43.7 Å². The van der Waals surface area contributed by atoms with Crippen molar-refractivity contribution in [1.82, 2.24) is 4.98 Å². The molecule has 1 saturated carbocycles. The van der Waals surface area contributed by atoms with Gasteiger partial charge in [-0.3, -0.25) is 0 Å². The average Bonchev–Trinajstić information content (AvgIpc) is 2.93. The minimum absolute atomic E-state index is 0.320. The van der Waals surface area contributed by atoms with E-state index in [-0.39, 0.29) is 0 Å². The second-order valence-electron chi connectivity index (χ2n) is 6.62. The van der Waals surface area contributed by atoms with E-state index in [1.54, 1.807) is 6.07 Å². The number of nitrogens with one attached hydrogen (secondary N) is 1. The molecular formula is C20H23N2O+. The number of phenolic OH excluding ortho intramolecular Hbond substituents is 1. The second kappa shape index (κ2) is 5.73. The lowest BCUT2D eigenvalue weighted by Gasteiger charge is -2.20. The Balaban J connectivity index is 1.99. The van der Waals surface area contributed by atoms with Crippen molar-refractivity contribution in [3.8, 4) is 5.75 Å². The molecule has 2 N–H and O–H groups in total.